The number of aromatic hydroxyl groups is 1. The Morgan fingerprint density at radius 2 is 1.76 bits per heavy atom. The van der Waals surface area contributed by atoms with Gasteiger partial charge in [-0.3, -0.25) is 14.4 Å². The number of Topliss-reactive ketones (excluding diaryl/α,β-unsaturated/α-hetero) is 3. The van der Waals surface area contributed by atoms with E-state index < -0.39 is 51.0 Å². The zero-order valence-corrected chi connectivity index (χ0v) is 22.5. The summed E-state index contributed by atoms with van der Waals surface area (Å²) in [5.41, 5.74) is -3.18. The molecule has 0 radical (unpaired) electrons. The summed E-state index contributed by atoms with van der Waals surface area (Å²) in [6.45, 7) is 12.2. The van der Waals surface area contributed by atoms with Gasteiger partial charge in [-0.25, -0.2) is 0 Å². The smallest absolute Gasteiger partial charge is 0.209 e. The highest BCUT2D eigenvalue weighted by Gasteiger charge is 2.71. The van der Waals surface area contributed by atoms with E-state index in [0.717, 1.165) is 24.5 Å². The van der Waals surface area contributed by atoms with Crippen LogP contribution in [0.4, 0.5) is 0 Å². The van der Waals surface area contributed by atoms with E-state index in [2.05, 4.69) is 0 Å². The number of rotatable bonds is 4. The zero-order valence-electron chi connectivity index (χ0n) is 22.5. The molecule has 7 heteroatoms. The minimum atomic E-state index is -2.59. The van der Waals surface area contributed by atoms with Gasteiger partial charge in [-0.1, -0.05) is 52.3 Å². The molecule has 1 aromatic rings. The second-order valence-electron chi connectivity index (χ2n) is 11.8. The van der Waals surface area contributed by atoms with Crippen molar-refractivity contribution in [3.63, 3.8) is 0 Å². The van der Waals surface area contributed by atoms with Crippen molar-refractivity contribution in [3.8, 4) is 5.75 Å². The van der Waals surface area contributed by atoms with E-state index in [1.807, 2.05) is 33.8 Å². The van der Waals surface area contributed by atoms with E-state index in [1.54, 1.807) is 19.9 Å². The normalized spacial score (nSPS) is 31.9. The molecule has 4 rings (SSSR count). The van der Waals surface area contributed by atoms with Gasteiger partial charge in [0.1, 0.15) is 22.8 Å². The molecule has 0 aliphatic heterocycles. The van der Waals surface area contributed by atoms with Crippen LogP contribution in [0.5, 0.6) is 5.75 Å². The topological polar surface area (TPSA) is 132 Å². The highest BCUT2D eigenvalue weighted by Crippen LogP contribution is 2.65. The second kappa shape index (κ2) is 8.42. The number of fused-ring (bicyclic) bond motifs is 3. The number of hydrogen-bond acceptors (Lipinski definition) is 7. The molecular formula is C30H36O7. The Kier molecular flexibility index (Phi) is 6.11. The molecule has 0 fully saturated rings. The molecule has 0 saturated carbocycles. The van der Waals surface area contributed by atoms with Gasteiger partial charge in [0.15, 0.2) is 17.2 Å². The third kappa shape index (κ3) is 3.39. The molecule has 0 spiro atoms. The molecule has 4 N–H and O–H groups in total. The van der Waals surface area contributed by atoms with Gasteiger partial charge in [-0.15, -0.1) is 0 Å². The number of phenolic OH excluding ortho intramolecular Hbond substituents is 1. The number of allylic oxidation sites excluding steroid dienone is 3. The number of phenols is 1. The van der Waals surface area contributed by atoms with Gasteiger partial charge in [-0.05, 0) is 56.2 Å². The molecule has 198 valence electrons. The highest BCUT2D eigenvalue weighted by atomic mass is 16.3. The van der Waals surface area contributed by atoms with Crippen LogP contribution in [0.15, 0.2) is 40.4 Å². The van der Waals surface area contributed by atoms with Crippen LogP contribution in [0.3, 0.4) is 0 Å². The van der Waals surface area contributed by atoms with Crippen LogP contribution in [0.2, 0.25) is 0 Å². The Morgan fingerprint density at radius 3 is 2.30 bits per heavy atom. The average Bonchev–Trinajstić information content (AvgIpc) is 2.77. The molecule has 3 aliphatic rings. The number of aliphatic hydroxyl groups excluding tert-OH is 2. The van der Waals surface area contributed by atoms with Crippen molar-refractivity contribution in [1.82, 2.24) is 0 Å². The van der Waals surface area contributed by atoms with E-state index in [4.69, 9.17) is 0 Å². The monoisotopic (exact) mass is 508 g/mol. The van der Waals surface area contributed by atoms with E-state index in [9.17, 15) is 34.8 Å². The standard InChI is InChI=1S/C30H36O7/c1-8-15(4)11-17-9-10-19(32)21-18(17)12-28(6)13-29(7)22(14(2)3)24(33)20(16(5)31)26(35)30(29,37)27(36)23(28)25(21)34/h9-11,14,22,32-33,36-37H,8,12-13H2,1-7H3/b15-11+/t22?,28-,29-,30+/m1/s1. The molecule has 7 nitrogen and oxygen atoms in total. The lowest BCUT2D eigenvalue weighted by Crippen LogP contribution is -2.67. The summed E-state index contributed by atoms with van der Waals surface area (Å²) in [7, 11) is 0. The summed E-state index contributed by atoms with van der Waals surface area (Å²) in [5, 5.41) is 45.6. The fourth-order valence-corrected chi connectivity index (χ4v) is 7.26. The quantitative estimate of drug-likeness (QED) is 0.413. The van der Waals surface area contributed by atoms with Crippen molar-refractivity contribution in [3.05, 3.63) is 57.1 Å². The first-order valence-electron chi connectivity index (χ1n) is 12.8. The zero-order chi connectivity index (χ0) is 27.8. The van der Waals surface area contributed by atoms with E-state index in [1.165, 1.54) is 6.07 Å². The van der Waals surface area contributed by atoms with Crippen LogP contribution in [0, 0.1) is 22.7 Å². The lowest BCUT2D eigenvalue weighted by Gasteiger charge is -2.59. The maximum Gasteiger partial charge on any atom is 0.209 e. The molecule has 0 amide bonds. The molecule has 1 unspecified atom stereocenters. The van der Waals surface area contributed by atoms with Crippen molar-refractivity contribution in [2.24, 2.45) is 22.7 Å². The Balaban J connectivity index is 2.07. The lowest BCUT2D eigenvalue weighted by molar-refractivity contribution is -0.171. The van der Waals surface area contributed by atoms with Crippen LogP contribution in [-0.2, 0) is 16.0 Å². The van der Waals surface area contributed by atoms with E-state index >= 15 is 0 Å². The number of aliphatic hydroxyl groups is 3. The summed E-state index contributed by atoms with van der Waals surface area (Å²) < 4.78 is 0. The highest BCUT2D eigenvalue weighted by molar-refractivity contribution is 6.25. The largest absolute Gasteiger partial charge is 0.511 e. The van der Waals surface area contributed by atoms with Crippen molar-refractivity contribution < 1.29 is 34.8 Å². The minimum Gasteiger partial charge on any atom is -0.511 e. The van der Waals surface area contributed by atoms with Gasteiger partial charge < -0.3 is 20.4 Å². The van der Waals surface area contributed by atoms with Crippen molar-refractivity contribution in [1.29, 1.82) is 0 Å². The third-order valence-electron chi connectivity index (χ3n) is 8.89. The first-order valence-corrected chi connectivity index (χ1v) is 12.8. The Hall–Kier alpha value is -3.19. The van der Waals surface area contributed by atoms with Crippen molar-refractivity contribution in [2.45, 2.75) is 73.3 Å². The summed E-state index contributed by atoms with van der Waals surface area (Å²) in [6.07, 6.45) is 3.12. The molecule has 0 aromatic heterocycles. The summed E-state index contributed by atoms with van der Waals surface area (Å²) >= 11 is 0. The number of ketones is 3. The van der Waals surface area contributed by atoms with Gasteiger partial charge in [0.05, 0.1) is 5.56 Å². The number of benzene rings is 1. The fraction of sp³-hybridized carbons (Fsp3) is 0.500. The molecule has 0 bridgehead atoms. The van der Waals surface area contributed by atoms with Gasteiger partial charge >= 0.3 is 0 Å². The predicted octanol–water partition coefficient (Wildman–Crippen LogP) is 5.16. The maximum atomic E-state index is 14.0. The van der Waals surface area contributed by atoms with Gasteiger partial charge in [0.25, 0.3) is 0 Å². The predicted molar refractivity (Wildman–Crippen MR) is 139 cm³/mol. The van der Waals surface area contributed by atoms with Gasteiger partial charge in [0, 0.05) is 22.3 Å². The Bertz CT molecular complexity index is 1340. The first kappa shape index (κ1) is 26.9. The molecule has 37 heavy (non-hydrogen) atoms. The van der Waals surface area contributed by atoms with Crippen LogP contribution in [0.25, 0.3) is 6.08 Å². The molecule has 4 atom stereocenters. The number of hydrogen-bond donors (Lipinski definition) is 4. The first-order chi connectivity index (χ1) is 17.1. The fourth-order valence-electron chi connectivity index (χ4n) is 7.26. The van der Waals surface area contributed by atoms with Crippen LogP contribution < -0.4 is 0 Å². The molecule has 0 heterocycles. The average molecular weight is 509 g/mol. The third-order valence-corrected chi connectivity index (χ3v) is 8.89. The summed E-state index contributed by atoms with van der Waals surface area (Å²) in [6, 6.07) is 3.19. The summed E-state index contributed by atoms with van der Waals surface area (Å²) in [5.74, 6) is -5.07. The lowest BCUT2D eigenvalue weighted by atomic mass is 9.44. The molecular weight excluding hydrogens is 472 g/mol. The molecule has 1 aromatic carbocycles. The minimum absolute atomic E-state index is 0.0396. The van der Waals surface area contributed by atoms with E-state index in [-0.39, 0.29) is 41.4 Å². The van der Waals surface area contributed by atoms with Crippen LogP contribution >= 0.6 is 0 Å². The molecule has 0 saturated heterocycles. The SMILES string of the molecule is CC/C(C)=C/c1ccc(O)c2c1C[C@]1(C)C[C@]3(C)C(C(C)C)C(O)=C(C(C)=O)C(=O)[C@]3(O)C(O)=C1C2=O. The van der Waals surface area contributed by atoms with Gasteiger partial charge in [0.2, 0.25) is 5.78 Å². The van der Waals surface area contributed by atoms with Crippen LogP contribution in [0.1, 0.15) is 82.8 Å². The number of carbonyl (C=O) groups excluding carboxylic acids is 3. The maximum absolute atomic E-state index is 14.0. The Labute approximate surface area is 217 Å². The number of carbonyl (C=O) groups is 3. The molecule has 3 aliphatic carbocycles. The van der Waals surface area contributed by atoms with Crippen molar-refractivity contribution >= 4 is 23.4 Å². The van der Waals surface area contributed by atoms with Crippen molar-refractivity contribution in [2.75, 3.05) is 0 Å². The van der Waals surface area contributed by atoms with E-state index in [0.29, 0.717) is 5.56 Å². The Morgan fingerprint density at radius 1 is 1.14 bits per heavy atom. The van der Waals surface area contributed by atoms with Crippen LogP contribution in [-0.4, -0.2) is 43.4 Å². The van der Waals surface area contributed by atoms with Gasteiger partial charge in [-0.2, -0.15) is 0 Å². The summed E-state index contributed by atoms with van der Waals surface area (Å²) in [4.78, 5) is 40.1. The second-order valence-corrected chi connectivity index (χ2v) is 11.8.